The van der Waals surface area contributed by atoms with Crippen LogP contribution in [0.2, 0.25) is 0 Å². The van der Waals surface area contributed by atoms with Crippen molar-refractivity contribution in [1.29, 1.82) is 0 Å². The third-order valence-corrected chi connectivity index (χ3v) is 1.40. The van der Waals surface area contributed by atoms with E-state index in [2.05, 4.69) is 17.4 Å². The Kier molecular flexibility index (Phi) is 5.81. The SMILES string of the molecule is NC(CS)C(=O)O[CH]=[V]=[O]. The Morgan fingerprint density at radius 1 is 1.90 bits per heavy atom. The van der Waals surface area contributed by atoms with Crippen LogP contribution in [0.4, 0.5) is 0 Å². The van der Waals surface area contributed by atoms with E-state index < -0.39 is 27.8 Å². The number of esters is 1. The zero-order chi connectivity index (χ0) is 7.98. The molecule has 2 N–H and O–H groups in total. The number of thiol groups is 1. The Balaban J connectivity index is 3.72. The van der Waals surface area contributed by atoms with Gasteiger partial charge in [0.1, 0.15) is 0 Å². The van der Waals surface area contributed by atoms with E-state index >= 15 is 0 Å². The Morgan fingerprint density at radius 3 is 2.90 bits per heavy atom. The average Bonchev–Trinajstić information content (AvgIpc) is 1.98. The van der Waals surface area contributed by atoms with Crippen molar-refractivity contribution >= 4 is 23.5 Å². The Morgan fingerprint density at radius 2 is 2.50 bits per heavy atom. The summed E-state index contributed by atoms with van der Waals surface area (Å²) in [7, 11) is 0. The fourth-order valence-corrected chi connectivity index (χ4v) is 0.614. The van der Waals surface area contributed by atoms with Crippen molar-refractivity contribution in [2.75, 3.05) is 5.75 Å². The Hall–Kier alpha value is 0.0344. The molecule has 0 saturated carbocycles. The van der Waals surface area contributed by atoms with Gasteiger partial charge >= 0.3 is 70.0 Å². The summed E-state index contributed by atoms with van der Waals surface area (Å²) in [5, 5.41) is 0. The molecule has 1 atom stereocenters. The zero-order valence-electron chi connectivity index (χ0n) is 5.06. The second-order valence-corrected chi connectivity index (χ2v) is 2.46. The van der Waals surface area contributed by atoms with E-state index in [1.165, 1.54) is 0 Å². The van der Waals surface area contributed by atoms with Crippen LogP contribution >= 0.6 is 12.6 Å². The van der Waals surface area contributed by atoms with Crippen LogP contribution in [0.1, 0.15) is 0 Å². The van der Waals surface area contributed by atoms with Gasteiger partial charge in [0.15, 0.2) is 0 Å². The van der Waals surface area contributed by atoms with E-state index in [4.69, 9.17) is 5.73 Å². The maximum absolute atomic E-state index is 10.6. The number of rotatable bonds is 3. The summed E-state index contributed by atoms with van der Waals surface area (Å²) in [5.74, 6) is -0.372. The van der Waals surface area contributed by atoms with E-state index in [0.29, 0.717) is 0 Å². The van der Waals surface area contributed by atoms with Crippen LogP contribution in [0.25, 0.3) is 0 Å². The van der Waals surface area contributed by atoms with Gasteiger partial charge in [0.05, 0.1) is 0 Å². The Labute approximate surface area is 70.3 Å². The first-order chi connectivity index (χ1) is 4.72. The molecule has 0 spiro atoms. The van der Waals surface area contributed by atoms with Crippen molar-refractivity contribution in [2.45, 2.75) is 6.04 Å². The van der Waals surface area contributed by atoms with Crippen LogP contribution in [0.3, 0.4) is 0 Å². The second-order valence-electron chi connectivity index (χ2n) is 1.44. The van der Waals surface area contributed by atoms with E-state index in [0.717, 1.165) is 4.92 Å². The first-order valence-corrected chi connectivity index (χ1v) is 4.44. The molecule has 0 aromatic rings. The molecule has 10 heavy (non-hydrogen) atoms. The molecule has 0 fully saturated rings. The second kappa shape index (κ2) is 5.79. The number of hydrogen-bond acceptors (Lipinski definition) is 5. The molecule has 0 aromatic carbocycles. The topological polar surface area (TPSA) is 69.4 Å². The van der Waals surface area contributed by atoms with Gasteiger partial charge in [-0.05, 0) is 0 Å². The van der Waals surface area contributed by atoms with Gasteiger partial charge in [-0.25, -0.2) is 0 Å². The molecular weight excluding hydrogens is 193 g/mol. The predicted octanol–water partition coefficient (Wildman–Crippen LogP) is -1.03. The van der Waals surface area contributed by atoms with Crippen molar-refractivity contribution in [2.24, 2.45) is 5.73 Å². The average molecular weight is 200 g/mol. The van der Waals surface area contributed by atoms with Crippen molar-refractivity contribution in [3.05, 3.63) is 0 Å². The molecule has 0 radical (unpaired) electrons. The monoisotopic (exact) mass is 200 g/mol. The van der Waals surface area contributed by atoms with Gasteiger partial charge < -0.3 is 0 Å². The van der Waals surface area contributed by atoms with Crippen LogP contribution < -0.4 is 5.73 Å². The van der Waals surface area contributed by atoms with Crippen LogP contribution in [-0.4, -0.2) is 22.7 Å². The first kappa shape index (κ1) is 10.0. The minimum atomic E-state index is -1.24. The zero-order valence-corrected chi connectivity index (χ0v) is 7.35. The number of ether oxygens (including phenoxy) is 1. The summed E-state index contributed by atoms with van der Waals surface area (Å²) >= 11 is 2.53. The minimum absolute atomic E-state index is 0.224. The Bertz CT molecular complexity index is 168. The van der Waals surface area contributed by atoms with E-state index in [-0.39, 0.29) is 5.75 Å². The molecular formula is C4H7NO3SV. The van der Waals surface area contributed by atoms with Crippen LogP contribution in [0, 0.1) is 0 Å². The van der Waals surface area contributed by atoms with Crippen molar-refractivity contribution < 1.29 is 29.0 Å². The molecule has 0 saturated heterocycles. The van der Waals surface area contributed by atoms with Gasteiger partial charge in [-0.15, -0.1) is 0 Å². The molecule has 0 bridgehead atoms. The number of nitrogens with two attached hydrogens (primary N) is 1. The van der Waals surface area contributed by atoms with Crippen LogP contribution in [0.15, 0.2) is 0 Å². The summed E-state index contributed by atoms with van der Waals surface area (Å²) in [5.41, 5.74) is 5.19. The molecule has 1 unspecified atom stereocenters. The van der Waals surface area contributed by atoms with Gasteiger partial charge in [-0.2, -0.15) is 0 Å². The summed E-state index contributed by atoms with van der Waals surface area (Å²) in [4.78, 5) is 11.5. The predicted molar refractivity (Wildman–Crippen MR) is 34.7 cm³/mol. The quantitative estimate of drug-likeness (QED) is 0.451. The van der Waals surface area contributed by atoms with Gasteiger partial charge in [0.2, 0.25) is 0 Å². The van der Waals surface area contributed by atoms with Crippen molar-refractivity contribution in [1.82, 2.24) is 0 Å². The third-order valence-electron chi connectivity index (χ3n) is 0.711. The van der Waals surface area contributed by atoms with E-state index in [1.54, 1.807) is 0 Å². The normalized spacial score (nSPS) is 11.4. The summed E-state index contributed by atoms with van der Waals surface area (Å²) in [6, 6.07) is -0.729. The maximum atomic E-state index is 10.6. The summed E-state index contributed by atoms with van der Waals surface area (Å²) in [6.07, 6.45) is 0. The number of carbonyl (C=O) groups is 1. The molecule has 0 amide bonds. The standard InChI is InChI=1S/C4H7NO2S.O.V/c1-7-4(6)3(5)2-8;;/h1,3,8H,2,5H2;;. The number of hydrogen-bond donors (Lipinski definition) is 2. The molecule has 0 aromatic heterocycles. The van der Waals surface area contributed by atoms with Crippen molar-refractivity contribution in [3.8, 4) is 0 Å². The molecule has 0 aliphatic heterocycles. The van der Waals surface area contributed by atoms with Crippen LogP contribution in [-0.2, 0) is 29.0 Å². The van der Waals surface area contributed by atoms with Crippen LogP contribution in [0.5, 0.6) is 0 Å². The first-order valence-electron chi connectivity index (χ1n) is 2.43. The van der Waals surface area contributed by atoms with E-state index in [9.17, 15) is 8.47 Å². The van der Waals surface area contributed by atoms with Crippen molar-refractivity contribution in [3.63, 3.8) is 0 Å². The van der Waals surface area contributed by atoms with Gasteiger partial charge in [-0.1, -0.05) is 0 Å². The molecule has 57 valence electrons. The van der Waals surface area contributed by atoms with Gasteiger partial charge in [-0.3, -0.25) is 0 Å². The molecule has 6 heteroatoms. The molecule has 0 rings (SSSR count). The molecule has 0 heterocycles. The molecule has 4 nitrogen and oxygen atoms in total. The van der Waals surface area contributed by atoms with Gasteiger partial charge in [0, 0.05) is 0 Å². The fourth-order valence-electron chi connectivity index (χ4n) is 0.235. The summed E-state index contributed by atoms with van der Waals surface area (Å²) < 4.78 is 14.2. The molecule has 0 aliphatic carbocycles. The fraction of sp³-hybridized carbons (Fsp3) is 0.500. The summed E-state index contributed by atoms with van der Waals surface area (Å²) in [6.45, 7) is 0. The third kappa shape index (κ3) is 3.95. The molecule has 0 aliphatic rings. The van der Waals surface area contributed by atoms with Gasteiger partial charge in [0.25, 0.3) is 0 Å². The number of carbonyl (C=O) groups excluding carboxylic acids is 1. The van der Waals surface area contributed by atoms with E-state index in [1.807, 2.05) is 0 Å².